The molecule has 2 aromatic rings. The molecule has 7 aliphatic carbocycles. The summed E-state index contributed by atoms with van der Waals surface area (Å²) in [6, 6.07) is 7.75. The lowest BCUT2D eigenvalue weighted by Crippen LogP contribution is -2.71. The highest BCUT2D eigenvalue weighted by molar-refractivity contribution is 6.00. The summed E-state index contributed by atoms with van der Waals surface area (Å²) >= 11 is 0. The second-order valence-corrected chi connectivity index (χ2v) is 12.3. The predicted molar refractivity (Wildman–Crippen MR) is 126 cm³/mol. The summed E-state index contributed by atoms with van der Waals surface area (Å²) in [5, 5.41) is 4.14. The highest BCUT2D eigenvalue weighted by atomic mass is 19.1. The van der Waals surface area contributed by atoms with Gasteiger partial charge in [0, 0.05) is 29.1 Å². The molecule has 35 heavy (non-hydrogen) atoms. The molecular weight excluding hydrogens is 447 g/mol. The van der Waals surface area contributed by atoms with Crippen molar-refractivity contribution in [2.45, 2.75) is 82.2 Å². The van der Waals surface area contributed by atoms with Crippen LogP contribution in [-0.4, -0.2) is 34.2 Å². The van der Waals surface area contributed by atoms with Gasteiger partial charge in [0.25, 0.3) is 5.89 Å². The molecule has 9 rings (SSSR count). The van der Waals surface area contributed by atoms with Crippen molar-refractivity contribution in [2.24, 2.45) is 22.0 Å². The first-order valence-electron chi connectivity index (χ1n) is 13.0. The largest absolute Gasteiger partial charge is 0.369 e. The van der Waals surface area contributed by atoms with Crippen molar-refractivity contribution in [3.8, 4) is 11.5 Å². The fourth-order valence-corrected chi connectivity index (χ4v) is 7.33. The third kappa shape index (κ3) is 3.21. The van der Waals surface area contributed by atoms with Gasteiger partial charge in [-0.05, 0) is 94.2 Å². The first-order valence-corrected chi connectivity index (χ1v) is 13.0. The highest BCUT2D eigenvalue weighted by Gasteiger charge is 2.73. The Hall–Kier alpha value is -2.77. The van der Waals surface area contributed by atoms with Crippen LogP contribution in [0.4, 0.5) is 10.1 Å². The third-order valence-corrected chi connectivity index (χ3v) is 9.87. The quantitative estimate of drug-likeness (QED) is 0.623. The molecule has 7 fully saturated rings. The number of anilines is 1. The minimum Gasteiger partial charge on any atom is -0.369 e. The molecule has 4 bridgehead atoms. The number of alkyl halides is 1. The van der Waals surface area contributed by atoms with Crippen LogP contribution in [0.5, 0.6) is 0 Å². The number of aromatic nitrogens is 2. The van der Waals surface area contributed by atoms with E-state index in [0.29, 0.717) is 37.6 Å². The number of hydrogen-bond donors (Lipinski definition) is 1. The van der Waals surface area contributed by atoms with Crippen molar-refractivity contribution in [2.75, 3.05) is 11.4 Å². The standard InChI is InChI=1S/C27H31FN4O3/c28-27-13-26(14-27,15-27)23(34)32(16-24-6-9-25(10-7-24,11-8-24)22(29)33)19-3-1-2-18(12-19)21-30-20(31-35-21)17-4-5-17/h1-3,12,17H,4-11,13-16H2,(H2,29,33). The normalized spacial score (nSPS) is 36.8. The molecule has 0 radical (unpaired) electrons. The zero-order valence-electron chi connectivity index (χ0n) is 19.9. The highest BCUT2D eigenvalue weighted by Crippen LogP contribution is 2.70. The molecule has 1 heterocycles. The topological polar surface area (TPSA) is 102 Å². The monoisotopic (exact) mass is 478 g/mol. The first-order chi connectivity index (χ1) is 16.7. The van der Waals surface area contributed by atoms with Crippen molar-refractivity contribution in [1.82, 2.24) is 10.1 Å². The number of nitrogens with zero attached hydrogens (tertiary/aromatic N) is 3. The van der Waals surface area contributed by atoms with Crippen LogP contribution in [0.1, 0.15) is 82.4 Å². The number of nitrogens with two attached hydrogens (primary N) is 1. The number of halogens is 1. The van der Waals surface area contributed by atoms with Crippen LogP contribution >= 0.6 is 0 Å². The second kappa shape index (κ2) is 6.92. The fraction of sp³-hybridized carbons (Fsp3) is 0.630. The average molecular weight is 479 g/mol. The van der Waals surface area contributed by atoms with Crippen molar-refractivity contribution >= 4 is 17.5 Å². The van der Waals surface area contributed by atoms with Crippen LogP contribution in [0.2, 0.25) is 0 Å². The van der Waals surface area contributed by atoms with Gasteiger partial charge in [-0.15, -0.1) is 0 Å². The molecule has 0 spiro atoms. The Morgan fingerprint density at radius 2 is 1.74 bits per heavy atom. The number of rotatable bonds is 7. The van der Waals surface area contributed by atoms with E-state index in [1.807, 2.05) is 29.2 Å². The summed E-state index contributed by atoms with van der Waals surface area (Å²) in [5.74, 6) is 1.47. The molecule has 0 atom stereocenters. The van der Waals surface area contributed by atoms with E-state index in [4.69, 9.17) is 10.3 Å². The van der Waals surface area contributed by atoms with E-state index in [1.165, 1.54) is 0 Å². The summed E-state index contributed by atoms with van der Waals surface area (Å²) in [6.07, 6.45) is 8.20. The van der Waals surface area contributed by atoms with Gasteiger partial charge in [0.05, 0.1) is 5.41 Å². The maximum absolute atomic E-state index is 14.4. The van der Waals surface area contributed by atoms with Gasteiger partial charge in [0.15, 0.2) is 5.82 Å². The fourth-order valence-electron chi connectivity index (χ4n) is 7.33. The van der Waals surface area contributed by atoms with Crippen LogP contribution in [0.15, 0.2) is 28.8 Å². The van der Waals surface area contributed by atoms with Gasteiger partial charge in [-0.1, -0.05) is 11.2 Å². The van der Waals surface area contributed by atoms with Crippen LogP contribution in [0.3, 0.4) is 0 Å². The van der Waals surface area contributed by atoms with Crippen LogP contribution in [0, 0.1) is 16.2 Å². The van der Waals surface area contributed by atoms with Gasteiger partial charge < -0.3 is 15.2 Å². The Morgan fingerprint density at radius 3 is 2.34 bits per heavy atom. The van der Waals surface area contributed by atoms with E-state index < -0.39 is 11.1 Å². The van der Waals surface area contributed by atoms with E-state index in [2.05, 4.69) is 10.1 Å². The lowest BCUT2D eigenvalue weighted by molar-refractivity contribution is -0.211. The van der Waals surface area contributed by atoms with Gasteiger partial charge in [-0.2, -0.15) is 4.98 Å². The minimum absolute atomic E-state index is 0.0325. The SMILES string of the molecule is NC(=O)C12CCC(CN(C(=O)C34CC(F)(C3)C4)c3cccc(-c4nc(C5CC5)no4)c3)(CC1)CC2. The summed E-state index contributed by atoms with van der Waals surface area (Å²) in [5.41, 5.74) is 5.23. The van der Waals surface area contributed by atoms with Gasteiger partial charge in [-0.3, -0.25) is 9.59 Å². The van der Waals surface area contributed by atoms with Crippen molar-refractivity contribution in [3.63, 3.8) is 0 Å². The minimum atomic E-state index is -1.14. The molecule has 0 unspecified atom stereocenters. The maximum Gasteiger partial charge on any atom is 0.258 e. The molecule has 7 saturated carbocycles. The van der Waals surface area contributed by atoms with Crippen molar-refractivity contribution < 1.29 is 18.5 Å². The van der Waals surface area contributed by atoms with Crippen LogP contribution < -0.4 is 10.6 Å². The third-order valence-electron chi connectivity index (χ3n) is 9.87. The molecule has 184 valence electrons. The number of benzene rings is 1. The molecule has 0 saturated heterocycles. The number of fused-ring (bicyclic) bond motifs is 3. The summed E-state index contributed by atoms with van der Waals surface area (Å²) in [7, 11) is 0. The van der Waals surface area contributed by atoms with Crippen molar-refractivity contribution in [1.29, 1.82) is 0 Å². The summed E-state index contributed by atoms with van der Waals surface area (Å²) in [6.45, 7) is 0.586. The average Bonchev–Trinajstić information content (AvgIpc) is 3.57. The lowest BCUT2D eigenvalue weighted by Gasteiger charge is -2.65. The number of carbonyl (C=O) groups is 2. The number of carbonyl (C=O) groups excluding carboxylic acids is 2. The number of primary amides is 1. The molecule has 2 amide bonds. The Balaban J connectivity index is 1.20. The Kier molecular flexibility index (Phi) is 4.25. The molecule has 2 N–H and O–H groups in total. The van der Waals surface area contributed by atoms with E-state index in [-0.39, 0.29) is 22.6 Å². The molecular formula is C27H31FN4O3. The van der Waals surface area contributed by atoms with Crippen molar-refractivity contribution in [3.05, 3.63) is 30.1 Å². The van der Waals surface area contributed by atoms with E-state index in [9.17, 15) is 14.0 Å². The molecule has 7 aliphatic rings. The maximum atomic E-state index is 14.4. The zero-order valence-corrected chi connectivity index (χ0v) is 19.9. The van der Waals surface area contributed by atoms with Gasteiger partial charge in [0.1, 0.15) is 5.67 Å². The second-order valence-electron chi connectivity index (χ2n) is 12.3. The predicted octanol–water partition coefficient (Wildman–Crippen LogP) is 4.67. The summed E-state index contributed by atoms with van der Waals surface area (Å²) in [4.78, 5) is 32.5. The molecule has 1 aromatic heterocycles. The van der Waals surface area contributed by atoms with Gasteiger partial charge in [0.2, 0.25) is 11.8 Å². The number of hydrogen-bond acceptors (Lipinski definition) is 5. The Bertz CT molecular complexity index is 1190. The lowest BCUT2D eigenvalue weighted by atomic mass is 9.41. The molecule has 0 aliphatic heterocycles. The van der Waals surface area contributed by atoms with Gasteiger partial charge in [-0.25, -0.2) is 4.39 Å². The smallest absolute Gasteiger partial charge is 0.258 e. The van der Waals surface area contributed by atoms with Crippen LogP contribution in [0.25, 0.3) is 11.5 Å². The molecule has 8 heteroatoms. The molecule has 7 nitrogen and oxygen atoms in total. The Labute approximate surface area is 203 Å². The number of amides is 2. The zero-order chi connectivity index (χ0) is 24.1. The molecule has 1 aromatic carbocycles. The van der Waals surface area contributed by atoms with E-state index in [1.54, 1.807) is 0 Å². The first kappa shape index (κ1) is 21.5. The van der Waals surface area contributed by atoms with E-state index in [0.717, 1.165) is 68.4 Å². The van der Waals surface area contributed by atoms with E-state index >= 15 is 0 Å². The Morgan fingerprint density at radius 1 is 1.06 bits per heavy atom. The summed E-state index contributed by atoms with van der Waals surface area (Å²) < 4.78 is 19.9. The van der Waals surface area contributed by atoms with Crippen LogP contribution in [-0.2, 0) is 9.59 Å². The van der Waals surface area contributed by atoms with Gasteiger partial charge >= 0.3 is 0 Å².